The molecule has 0 saturated heterocycles. The first-order valence-electron chi connectivity index (χ1n) is 9.36. The minimum atomic E-state index is -0.252. The topological polar surface area (TPSA) is 56.1 Å². The molecule has 0 amide bonds. The third-order valence-corrected chi connectivity index (χ3v) is 5.77. The molecule has 1 aliphatic heterocycles. The highest BCUT2D eigenvalue weighted by Gasteiger charge is 2.35. The van der Waals surface area contributed by atoms with Crippen LogP contribution in [0.1, 0.15) is 44.0 Å². The van der Waals surface area contributed by atoms with Gasteiger partial charge < -0.3 is 10.1 Å². The van der Waals surface area contributed by atoms with Crippen LogP contribution in [0.2, 0.25) is 0 Å². The van der Waals surface area contributed by atoms with E-state index in [4.69, 9.17) is 9.72 Å². The lowest BCUT2D eigenvalue weighted by Gasteiger charge is -2.29. The average molecular weight is 382 g/mol. The maximum absolute atomic E-state index is 13.0. The number of aromatic nitrogens is 2. The number of anilines is 1. The first kappa shape index (κ1) is 17.8. The van der Waals surface area contributed by atoms with Crippen molar-refractivity contribution < 1.29 is 9.53 Å². The molecule has 3 aromatic rings. The third kappa shape index (κ3) is 3.25. The number of hydrogen-bond acceptors (Lipinski definition) is 5. The van der Waals surface area contributed by atoms with E-state index in [9.17, 15) is 4.79 Å². The number of imidazole rings is 1. The van der Waals surface area contributed by atoms with Gasteiger partial charge in [-0.2, -0.15) is 0 Å². The molecule has 1 N–H and O–H groups in total. The second-order valence-electron chi connectivity index (χ2n) is 6.72. The van der Waals surface area contributed by atoms with Crippen molar-refractivity contribution in [2.45, 2.75) is 39.2 Å². The zero-order valence-corrected chi connectivity index (χ0v) is 16.4. The molecule has 0 aliphatic carbocycles. The minimum absolute atomic E-state index is 0.229. The third-order valence-electron chi connectivity index (χ3n) is 4.84. The minimum Gasteiger partial charge on any atom is -0.462 e. The monoisotopic (exact) mass is 381 g/mol. The lowest BCUT2D eigenvalue weighted by Crippen LogP contribution is -2.28. The van der Waals surface area contributed by atoms with Gasteiger partial charge in [0, 0.05) is 10.6 Å². The van der Waals surface area contributed by atoms with E-state index in [1.54, 1.807) is 11.3 Å². The largest absolute Gasteiger partial charge is 0.462 e. The molecular formula is C21H23N3O2S. The predicted molar refractivity (Wildman–Crippen MR) is 109 cm³/mol. The van der Waals surface area contributed by atoms with Gasteiger partial charge in [0.15, 0.2) is 0 Å². The van der Waals surface area contributed by atoms with Crippen LogP contribution in [0.15, 0.2) is 53.0 Å². The maximum Gasteiger partial charge on any atom is 0.338 e. The summed E-state index contributed by atoms with van der Waals surface area (Å²) in [4.78, 5) is 18.8. The fraction of sp³-hybridized carbons (Fsp3) is 0.333. The molecule has 0 fully saturated rings. The molecular weight excluding hydrogens is 358 g/mol. The molecule has 6 heteroatoms. The molecule has 1 atom stereocenters. The van der Waals surface area contributed by atoms with Crippen LogP contribution < -0.4 is 5.32 Å². The number of rotatable bonds is 6. The first-order valence-corrected chi connectivity index (χ1v) is 10.2. The summed E-state index contributed by atoms with van der Waals surface area (Å²) in [7, 11) is 0. The normalized spacial score (nSPS) is 16.3. The SMILES string of the molecule is CCCCCOC(=O)C1=C(C)Nc2nc3ccccc3n2[C@@H]1c1cccs1. The van der Waals surface area contributed by atoms with Crippen molar-refractivity contribution in [3.63, 3.8) is 0 Å². The molecule has 5 nitrogen and oxygen atoms in total. The summed E-state index contributed by atoms with van der Waals surface area (Å²) in [6, 6.07) is 11.9. The van der Waals surface area contributed by atoms with E-state index in [1.165, 1.54) is 0 Å². The number of fused-ring (bicyclic) bond motifs is 3. The summed E-state index contributed by atoms with van der Waals surface area (Å²) in [6.07, 6.45) is 3.06. The number of para-hydroxylation sites is 2. The number of nitrogens with zero attached hydrogens (tertiary/aromatic N) is 2. The van der Waals surface area contributed by atoms with E-state index in [-0.39, 0.29) is 12.0 Å². The van der Waals surface area contributed by atoms with Gasteiger partial charge in [-0.25, -0.2) is 9.78 Å². The number of thiophene rings is 1. The number of unbranched alkanes of at least 4 members (excludes halogenated alkanes) is 2. The number of nitrogens with one attached hydrogen (secondary N) is 1. The van der Waals surface area contributed by atoms with E-state index in [0.717, 1.165) is 46.8 Å². The van der Waals surface area contributed by atoms with Crippen LogP contribution >= 0.6 is 11.3 Å². The van der Waals surface area contributed by atoms with Gasteiger partial charge >= 0.3 is 5.97 Å². The molecule has 2 aromatic heterocycles. The van der Waals surface area contributed by atoms with Gasteiger partial charge in [-0.1, -0.05) is 38.0 Å². The zero-order valence-electron chi connectivity index (χ0n) is 15.6. The molecule has 27 heavy (non-hydrogen) atoms. The summed E-state index contributed by atoms with van der Waals surface area (Å²) in [6.45, 7) is 4.52. The van der Waals surface area contributed by atoms with Crippen molar-refractivity contribution >= 4 is 34.3 Å². The quantitative estimate of drug-likeness (QED) is 0.476. The lowest BCUT2D eigenvalue weighted by atomic mass is 10.0. The molecule has 4 rings (SSSR count). The van der Waals surface area contributed by atoms with Crippen LogP contribution in [0.3, 0.4) is 0 Å². The second-order valence-corrected chi connectivity index (χ2v) is 7.70. The van der Waals surface area contributed by atoms with Gasteiger partial charge in [-0.3, -0.25) is 4.57 Å². The van der Waals surface area contributed by atoms with Gasteiger partial charge in [0.1, 0.15) is 6.04 Å². The molecule has 0 radical (unpaired) electrons. The number of carbonyl (C=O) groups is 1. The summed E-state index contributed by atoms with van der Waals surface area (Å²) in [5, 5.41) is 5.35. The lowest BCUT2D eigenvalue weighted by molar-refractivity contribution is -0.139. The van der Waals surface area contributed by atoms with Crippen molar-refractivity contribution in [2.75, 3.05) is 11.9 Å². The van der Waals surface area contributed by atoms with Crippen molar-refractivity contribution in [3.05, 3.63) is 57.9 Å². The standard InChI is InChI=1S/C21H23N3O2S/c1-3-4-7-12-26-20(25)18-14(2)22-21-23-15-9-5-6-10-16(15)24(21)19(18)17-11-8-13-27-17/h5-6,8-11,13,19H,3-4,7,12H2,1-2H3,(H,22,23)/t19-/m1/s1. The predicted octanol–water partition coefficient (Wildman–Crippen LogP) is 5.12. The highest BCUT2D eigenvalue weighted by molar-refractivity contribution is 7.10. The van der Waals surface area contributed by atoms with Gasteiger partial charge in [0.05, 0.1) is 23.2 Å². The second kappa shape index (κ2) is 7.56. The van der Waals surface area contributed by atoms with Crippen LogP contribution in [-0.4, -0.2) is 22.1 Å². The zero-order chi connectivity index (χ0) is 18.8. The Morgan fingerprint density at radius 1 is 1.26 bits per heavy atom. The number of benzene rings is 1. The number of hydrogen-bond donors (Lipinski definition) is 1. The first-order chi connectivity index (χ1) is 13.2. The number of ether oxygens (including phenoxy) is 1. The van der Waals surface area contributed by atoms with Crippen LogP contribution in [-0.2, 0) is 9.53 Å². The Labute approximate surface area is 162 Å². The Morgan fingerprint density at radius 3 is 2.89 bits per heavy atom. The van der Waals surface area contributed by atoms with E-state index < -0.39 is 0 Å². The van der Waals surface area contributed by atoms with Crippen LogP contribution in [0, 0.1) is 0 Å². The van der Waals surface area contributed by atoms with Crippen LogP contribution in [0.4, 0.5) is 5.95 Å². The van der Waals surface area contributed by atoms with E-state index in [2.05, 4.69) is 22.9 Å². The molecule has 1 aromatic carbocycles. The Morgan fingerprint density at radius 2 is 2.11 bits per heavy atom. The molecule has 140 valence electrons. The molecule has 0 unspecified atom stereocenters. The Balaban J connectivity index is 1.77. The summed E-state index contributed by atoms with van der Waals surface area (Å²) >= 11 is 1.64. The van der Waals surface area contributed by atoms with Crippen molar-refractivity contribution in [2.24, 2.45) is 0 Å². The average Bonchev–Trinajstić information content (AvgIpc) is 3.31. The van der Waals surface area contributed by atoms with Crippen LogP contribution in [0.5, 0.6) is 0 Å². The van der Waals surface area contributed by atoms with E-state index in [1.807, 2.05) is 42.6 Å². The number of allylic oxidation sites excluding steroid dienone is 1. The van der Waals surface area contributed by atoms with Crippen molar-refractivity contribution in [1.29, 1.82) is 0 Å². The molecule has 3 heterocycles. The Hall–Kier alpha value is -2.60. The molecule has 1 aliphatic rings. The number of esters is 1. The Kier molecular flexibility index (Phi) is 4.99. The van der Waals surface area contributed by atoms with Gasteiger partial charge in [-0.05, 0) is 36.9 Å². The van der Waals surface area contributed by atoms with Crippen molar-refractivity contribution in [1.82, 2.24) is 9.55 Å². The van der Waals surface area contributed by atoms with Gasteiger partial charge in [-0.15, -0.1) is 11.3 Å². The fourth-order valence-corrected chi connectivity index (χ4v) is 4.36. The Bertz CT molecular complexity index is 988. The smallest absolute Gasteiger partial charge is 0.338 e. The van der Waals surface area contributed by atoms with Gasteiger partial charge in [0.25, 0.3) is 0 Å². The van der Waals surface area contributed by atoms with Crippen molar-refractivity contribution in [3.8, 4) is 0 Å². The van der Waals surface area contributed by atoms with E-state index >= 15 is 0 Å². The molecule has 0 saturated carbocycles. The van der Waals surface area contributed by atoms with E-state index in [0.29, 0.717) is 12.2 Å². The van der Waals surface area contributed by atoms with Gasteiger partial charge in [0.2, 0.25) is 5.95 Å². The van der Waals surface area contributed by atoms with Crippen LogP contribution in [0.25, 0.3) is 11.0 Å². The summed E-state index contributed by atoms with van der Waals surface area (Å²) in [5.41, 5.74) is 3.37. The fourth-order valence-electron chi connectivity index (χ4n) is 3.54. The summed E-state index contributed by atoms with van der Waals surface area (Å²) < 4.78 is 7.73. The molecule has 0 spiro atoms. The highest BCUT2D eigenvalue weighted by Crippen LogP contribution is 2.40. The molecule has 0 bridgehead atoms. The number of carbonyl (C=O) groups excluding carboxylic acids is 1. The maximum atomic E-state index is 13.0. The highest BCUT2D eigenvalue weighted by atomic mass is 32.1. The summed E-state index contributed by atoms with van der Waals surface area (Å²) in [5.74, 6) is 0.507.